The van der Waals surface area contributed by atoms with Crippen LogP contribution in [-0.4, -0.2) is 64.3 Å². The van der Waals surface area contributed by atoms with Gasteiger partial charge >= 0.3 is 0 Å². The minimum absolute atomic E-state index is 0.364. The zero-order chi connectivity index (χ0) is 21.6. The second-order valence-corrected chi connectivity index (χ2v) is 9.14. The number of pyridine rings is 1. The number of nitrogens with two attached hydrogens (primary N) is 2. The van der Waals surface area contributed by atoms with Gasteiger partial charge in [0.15, 0.2) is 5.16 Å². The molecule has 11 heteroatoms. The fourth-order valence-corrected chi connectivity index (χ4v) is 4.97. The minimum atomic E-state index is 0.364. The summed E-state index contributed by atoms with van der Waals surface area (Å²) in [5.41, 5.74) is 13.5. The maximum absolute atomic E-state index is 5.87. The maximum atomic E-state index is 5.87. The van der Waals surface area contributed by atoms with Gasteiger partial charge in [-0.15, -0.1) is 11.3 Å². The van der Waals surface area contributed by atoms with E-state index < -0.39 is 0 Å². The number of aromatic nitrogens is 4. The Labute approximate surface area is 189 Å². The van der Waals surface area contributed by atoms with E-state index in [2.05, 4.69) is 26.8 Å². The van der Waals surface area contributed by atoms with Crippen molar-refractivity contribution in [1.82, 2.24) is 24.8 Å². The Kier molecular flexibility index (Phi) is 7.17. The molecule has 0 spiro atoms. The Morgan fingerprint density at radius 1 is 1.16 bits per heavy atom. The summed E-state index contributed by atoms with van der Waals surface area (Å²) in [4.78, 5) is 21.0. The van der Waals surface area contributed by atoms with Gasteiger partial charge in [-0.1, -0.05) is 11.8 Å². The molecule has 164 valence electrons. The molecule has 0 atom stereocenters. The maximum Gasteiger partial charge on any atom is 0.213 e. The third kappa shape index (κ3) is 6.03. The van der Waals surface area contributed by atoms with E-state index in [1.807, 2.05) is 12.1 Å². The molecule has 1 aliphatic rings. The summed E-state index contributed by atoms with van der Waals surface area (Å²) < 4.78 is 11.2. The number of hydrogen-bond donors (Lipinski definition) is 2. The normalized spacial score (nSPS) is 14.6. The molecule has 4 rings (SSSR count). The van der Waals surface area contributed by atoms with Crippen LogP contribution >= 0.6 is 23.1 Å². The first-order valence-corrected chi connectivity index (χ1v) is 11.8. The summed E-state index contributed by atoms with van der Waals surface area (Å²) >= 11 is 3.11. The van der Waals surface area contributed by atoms with Crippen LogP contribution in [-0.2, 0) is 10.5 Å². The lowest BCUT2D eigenvalue weighted by Crippen LogP contribution is -2.38. The van der Waals surface area contributed by atoms with Gasteiger partial charge in [0.2, 0.25) is 5.88 Å². The van der Waals surface area contributed by atoms with Gasteiger partial charge in [0.05, 0.1) is 18.9 Å². The zero-order valence-corrected chi connectivity index (χ0v) is 18.9. The van der Waals surface area contributed by atoms with Crippen LogP contribution in [0, 0.1) is 6.92 Å². The zero-order valence-electron chi connectivity index (χ0n) is 17.3. The van der Waals surface area contributed by atoms with Crippen molar-refractivity contribution < 1.29 is 9.47 Å². The second-order valence-electron chi connectivity index (χ2n) is 7.00. The van der Waals surface area contributed by atoms with E-state index >= 15 is 0 Å². The lowest BCUT2D eigenvalue weighted by Gasteiger charge is -2.26. The van der Waals surface area contributed by atoms with Crippen LogP contribution in [0.5, 0.6) is 5.88 Å². The number of nitrogen functional groups attached to an aromatic ring is 2. The number of aryl methyl sites for hydroxylation is 1. The summed E-state index contributed by atoms with van der Waals surface area (Å²) in [6, 6.07) is 5.43. The average molecular weight is 460 g/mol. The molecule has 4 N–H and O–H groups in total. The fourth-order valence-electron chi connectivity index (χ4n) is 3.07. The van der Waals surface area contributed by atoms with Crippen LogP contribution in [0.1, 0.15) is 10.6 Å². The molecule has 0 saturated carbocycles. The highest BCUT2D eigenvalue weighted by atomic mass is 32.2. The molecular weight excluding hydrogens is 434 g/mol. The first-order chi connectivity index (χ1) is 15.1. The Morgan fingerprint density at radius 2 is 1.94 bits per heavy atom. The molecule has 3 aromatic rings. The van der Waals surface area contributed by atoms with E-state index in [0.717, 1.165) is 54.0 Å². The Bertz CT molecular complexity index is 1000. The fraction of sp³-hybridized carbons (Fsp3) is 0.400. The SMILES string of the molecule is Cc1sc(-c2ccnc(OCCN3CCOCC3)c2)nc1CSc1nc(N)cc(N)n1. The summed E-state index contributed by atoms with van der Waals surface area (Å²) in [7, 11) is 0. The first-order valence-electron chi connectivity index (χ1n) is 9.95. The summed E-state index contributed by atoms with van der Waals surface area (Å²) in [6.45, 7) is 6.99. The van der Waals surface area contributed by atoms with E-state index in [-0.39, 0.29) is 0 Å². The van der Waals surface area contributed by atoms with Crippen molar-refractivity contribution in [3.8, 4) is 16.5 Å². The smallest absolute Gasteiger partial charge is 0.213 e. The molecule has 9 nitrogen and oxygen atoms in total. The third-order valence-corrected chi connectivity index (χ3v) is 6.64. The van der Waals surface area contributed by atoms with Crippen LogP contribution < -0.4 is 16.2 Å². The number of morpholine rings is 1. The number of nitrogens with zero attached hydrogens (tertiary/aromatic N) is 5. The van der Waals surface area contributed by atoms with Crippen LogP contribution in [0.15, 0.2) is 29.6 Å². The Morgan fingerprint density at radius 3 is 2.71 bits per heavy atom. The molecule has 31 heavy (non-hydrogen) atoms. The van der Waals surface area contributed by atoms with Gasteiger partial charge in [-0.25, -0.2) is 19.9 Å². The highest BCUT2D eigenvalue weighted by Crippen LogP contribution is 2.32. The monoisotopic (exact) mass is 459 g/mol. The number of thioether (sulfide) groups is 1. The molecule has 1 saturated heterocycles. The molecule has 0 amide bonds. The summed E-state index contributed by atoms with van der Waals surface area (Å²) in [6.07, 6.45) is 1.76. The number of ether oxygens (including phenoxy) is 2. The van der Waals surface area contributed by atoms with Gasteiger partial charge in [0.25, 0.3) is 0 Å². The number of rotatable bonds is 8. The molecule has 0 unspecified atom stereocenters. The molecule has 0 aromatic carbocycles. The van der Waals surface area contributed by atoms with Crippen LogP contribution in [0.3, 0.4) is 0 Å². The molecule has 4 heterocycles. The van der Waals surface area contributed by atoms with Crippen molar-refractivity contribution in [3.63, 3.8) is 0 Å². The standard InChI is InChI=1S/C20H25N7O2S2/c1-13-15(12-30-20-25-16(21)11-17(22)26-20)24-19(31-13)14-2-3-23-18(10-14)29-9-6-27-4-7-28-8-5-27/h2-3,10-11H,4-9,12H2,1H3,(H4,21,22,25,26). The molecule has 1 aliphatic heterocycles. The third-order valence-electron chi connectivity index (χ3n) is 4.72. The van der Waals surface area contributed by atoms with Gasteiger partial charge in [0.1, 0.15) is 23.3 Å². The first kappa shape index (κ1) is 21.8. The van der Waals surface area contributed by atoms with E-state index in [1.165, 1.54) is 11.8 Å². The molecule has 1 fully saturated rings. The van der Waals surface area contributed by atoms with Crippen LogP contribution in [0.25, 0.3) is 10.6 Å². The minimum Gasteiger partial charge on any atom is -0.476 e. The van der Waals surface area contributed by atoms with Crippen molar-refractivity contribution in [2.24, 2.45) is 0 Å². The predicted octanol–water partition coefficient (Wildman–Crippen LogP) is 2.47. The average Bonchev–Trinajstić information content (AvgIpc) is 3.13. The van der Waals surface area contributed by atoms with Crippen LogP contribution in [0.4, 0.5) is 11.6 Å². The van der Waals surface area contributed by atoms with E-state index in [1.54, 1.807) is 23.6 Å². The van der Waals surface area contributed by atoms with Gasteiger partial charge in [-0.2, -0.15) is 0 Å². The van der Waals surface area contributed by atoms with Crippen molar-refractivity contribution in [2.75, 3.05) is 50.9 Å². The lowest BCUT2D eigenvalue weighted by atomic mass is 10.3. The van der Waals surface area contributed by atoms with Crippen LogP contribution in [0.2, 0.25) is 0 Å². The highest BCUT2D eigenvalue weighted by Gasteiger charge is 2.13. The Balaban J connectivity index is 1.37. The Hall–Kier alpha value is -2.47. The van der Waals surface area contributed by atoms with Gasteiger partial charge < -0.3 is 20.9 Å². The summed E-state index contributed by atoms with van der Waals surface area (Å²) in [5.74, 6) is 1.98. The van der Waals surface area contributed by atoms with E-state index in [4.69, 9.17) is 25.9 Å². The second kappa shape index (κ2) is 10.2. The van der Waals surface area contributed by atoms with E-state index in [0.29, 0.717) is 35.0 Å². The van der Waals surface area contributed by atoms with Crippen molar-refractivity contribution >= 4 is 34.7 Å². The molecule has 0 bridgehead atoms. The molecule has 0 radical (unpaired) electrons. The topological polar surface area (TPSA) is 125 Å². The largest absolute Gasteiger partial charge is 0.476 e. The number of anilines is 2. The number of thiazole rings is 1. The van der Waals surface area contributed by atoms with Crippen molar-refractivity contribution in [1.29, 1.82) is 0 Å². The summed E-state index contributed by atoms with van der Waals surface area (Å²) in [5, 5.41) is 1.48. The molecule has 0 aliphatic carbocycles. The van der Waals surface area contributed by atoms with Gasteiger partial charge in [-0.3, -0.25) is 4.90 Å². The lowest BCUT2D eigenvalue weighted by molar-refractivity contribution is 0.0320. The molecule has 3 aromatic heterocycles. The quantitative estimate of drug-likeness (QED) is 0.383. The van der Waals surface area contributed by atoms with E-state index in [9.17, 15) is 0 Å². The van der Waals surface area contributed by atoms with Gasteiger partial charge in [-0.05, 0) is 13.0 Å². The van der Waals surface area contributed by atoms with Crippen molar-refractivity contribution in [3.05, 3.63) is 35.0 Å². The molecular formula is C20H25N7O2S2. The van der Waals surface area contributed by atoms with Crippen molar-refractivity contribution in [2.45, 2.75) is 17.8 Å². The number of hydrogen-bond acceptors (Lipinski definition) is 11. The predicted molar refractivity (Wildman–Crippen MR) is 123 cm³/mol. The van der Waals surface area contributed by atoms with Gasteiger partial charge in [0, 0.05) is 54.2 Å². The highest BCUT2D eigenvalue weighted by molar-refractivity contribution is 7.98.